The van der Waals surface area contributed by atoms with E-state index in [4.69, 9.17) is 11.6 Å². The predicted molar refractivity (Wildman–Crippen MR) is 106 cm³/mol. The van der Waals surface area contributed by atoms with Gasteiger partial charge in [-0.15, -0.1) is 0 Å². The molecule has 1 saturated heterocycles. The minimum atomic E-state index is -0.381. The summed E-state index contributed by atoms with van der Waals surface area (Å²) < 4.78 is 0. The summed E-state index contributed by atoms with van der Waals surface area (Å²) in [6.07, 6.45) is 5.97. The lowest BCUT2D eigenvalue weighted by molar-refractivity contribution is -0.132. The first-order valence-corrected chi connectivity index (χ1v) is 9.64. The number of nitrogens with one attached hydrogen (secondary N) is 3. The molecule has 2 unspecified atom stereocenters. The summed E-state index contributed by atoms with van der Waals surface area (Å²) in [4.78, 5) is 23.4. The molecule has 0 amide bonds. The van der Waals surface area contributed by atoms with Gasteiger partial charge in [0.1, 0.15) is 0 Å². The molecular weight excluding hydrogens is 350 g/mol. The number of Topliss-reactive ketones (excluding diaryl/α,β-unsaturated/α-hetero) is 1. The Morgan fingerprint density at radius 1 is 1.27 bits per heavy atom. The van der Waals surface area contributed by atoms with Gasteiger partial charge in [0.25, 0.3) is 0 Å². The molecule has 0 spiro atoms. The molecule has 1 aromatic rings. The van der Waals surface area contributed by atoms with E-state index in [1.54, 1.807) is 12.1 Å². The third-order valence-electron chi connectivity index (χ3n) is 4.84. The van der Waals surface area contributed by atoms with Crippen LogP contribution in [0, 0.1) is 5.92 Å². The molecule has 2 rings (SSSR count). The summed E-state index contributed by atoms with van der Waals surface area (Å²) in [5.74, 6) is -0.730. The zero-order valence-corrected chi connectivity index (χ0v) is 16.2. The van der Waals surface area contributed by atoms with Gasteiger partial charge in [0.05, 0.1) is 11.6 Å². The molecule has 0 bridgehead atoms. The van der Waals surface area contributed by atoms with Crippen molar-refractivity contribution in [1.29, 1.82) is 0 Å². The van der Waals surface area contributed by atoms with Crippen LogP contribution in [0.1, 0.15) is 46.0 Å². The van der Waals surface area contributed by atoms with Crippen molar-refractivity contribution < 1.29 is 9.59 Å². The van der Waals surface area contributed by atoms with Crippen molar-refractivity contribution in [3.05, 3.63) is 40.6 Å². The molecule has 5 nitrogen and oxygen atoms in total. The second-order valence-electron chi connectivity index (χ2n) is 6.74. The van der Waals surface area contributed by atoms with Gasteiger partial charge in [0, 0.05) is 23.3 Å². The van der Waals surface area contributed by atoms with Crippen molar-refractivity contribution in [3.63, 3.8) is 0 Å². The molecule has 1 heterocycles. The molecule has 142 valence electrons. The molecular formula is C20H28ClN3O2. The van der Waals surface area contributed by atoms with E-state index in [0.29, 0.717) is 17.9 Å². The molecule has 1 aromatic carbocycles. The molecule has 0 aliphatic carbocycles. The zero-order chi connectivity index (χ0) is 18.9. The van der Waals surface area contributed by atoms with Crippen molar-refractivity contribution in [2.24, 2.45) is 5.92 Å². The number of hydrogen-bond donors (Lipinski definition) is 3. The minimum absolute atomic E-state index is 0.0341. The molecule has 1 aliphatic rings. The number of rotatable bonds is 10. The molecule has 1 fully saturated rings. The fourth-order valence-electron chi connectivity index (χ4n) is 3.36. The van der Waals surface area contributed by atoms with Crippen molar-refractivity contribution in [1.82, 2.24) is 10.7 Å². The number of carbonyl (C=O) groups excluding carboxylic acids is 2. The number of hydrogen-bond acceptors (Lipinski definition) is 5. The molecule has 6 heteroatoms. The van der Waals surface area contributed by atoms with E-state index in [9.17, 15) is 9.59 Å². The summed E-state index contributed by atoms with van der Waals surface area (Å²) >= 11 is 5.89. The van der Waals surface area contributed by atoms with Crippen LogP contribution in [0.15, 0.2) is 35.5 Å². The largest absolute Gasteiger partial charge is 0.309 e. The van der Waals surface area contributed by atoms with Gasteiger partial charge in [-0.25, -0.2) is 0 Å². The first kappa shape index (κ1) is 20.5. The van der Waals surface area contributed by atoms with E-state index in [2.05, 4.69) is 23.1 Å². The Kier molecular flexibility index (Phi) is 8.13. The van der Waals surface area contributed by atoms with Crippen LogP contribution in [0.25, 0.3) is 0 Å². The quantitative estimate of drug-likeness (QED) is 0.250. The van der Waals surface area contributed by atoms with Crippen LogP contribution in [0.5, 0.6) is 0 Å². The van der Waals surface area contributed by atoms with Crippen LogP contribution in [0.2, 0.25) is 5.02 Å². The second-order valence-corrected chi connectivity index (χ2v) is 7.18. The number of unbranched alkanes of at least 4 members (excludes halogenated alkanes) is 3. The molecule has 26 heavy (non-hydrogen) atoms. The summed E-state index contributed by atoms with van der Waals surface area (Å²) in [5.41, 5.74) is 8.93. The molecule has 0 saturated carbocycles. The van der Waals surface area contributed by atoms with E-state index >= 15 is 0 Å². The van der Waals surface area contributed by atoms with Crippen LogP contribution < -0.4 is 16.2 Å². The van der Waals surface area contributed by atoms with Crippen molar-refractivity contribution in [3.8, 4) is 0 Å². The van der Waals surface area contributed by atoms with E-state index in [-0.39, 0.29) is 17.7 Å². The van der Waals surface area contributed by atoms with Gasteiger partial charge in [0.2, 0.25) is 5.78 Å². The van der Waals surface area contributed by atoms with Gasteiger partial charge < -0.3 is 16.2 Å². The van der Waals surface area contributed by atoms with Gasteiger partial charge in [-0.1, -0.05) is 44.2 Å². The monoisotopic (exact) mass is 377 g/mol. The maximum Gasteiger partial charge on any atom is 0.203 e. The molecule has 2 atom stereocenters. The summed E-state index contributed by atoms with van der Waals surface area (Å²) in [6.45, 7) is 4.71. The Labute approximate surface area is 160 Å². The normalized spacial score (nSPS) is 21.3. The SMILES string of the molecule is CCCCCCC1NCC(=C(C)NNc2ccc(Cl)cc2)C1C(=O)C=O. The number of allylic oxidation sites excluding steroid dienone is 1. The summed E-state index contributed by atoms with van der Waals surface area (Å²) in [6, 6.07) is 7.37. The number of anilines is 1. The van der Waals surface area contributed by atoms with Gasteiger partial charge >= 0.3 is 0 Å². The van der Waals surface area contributed by atoms with E-state index in [0.717, 1.165) is 36.2 Å². The Hall–Kier alpha value is -1.85. The number of halogens is 1. The van der Waals surface area contributed by atoms with Crippen LogP contribution in [-0.4, -0.2) is 24.7 Å². The smallest absolute Gasteiger partial charge is 0.203 e. The minimum Gasteiger partial charge on any atom is -0.309 e. The number of aldehydes is 1. The van der Waals surface area contributed by atoms with E-state index < -0.39 is 0 Å². The highest BCUT2D eigenvalue weighted by Gasteiger charge is 2.37. The Bertz CT molecular complexity index is 643. The van der Waals surface area contributed by atoms with Crippen LogP contribution >= 0.6 is 11.6 Å². The first-order valence-electron chi connectivity index (χ1n) is 9.26. The van der Waals surface area contributed by atoms with Crippen molar-refractivity contribution in [2.45, 2.75) is 52.0 Å². The fraction of sp³-hybridized carbons (Fsp3) is 0.500. The maximum absolute atomic E-state index is 12.2. The van der Waals surface area contributed by atoms with Crippen molar-refractivity contribution >= 4 is 29.4 Å². The van der Waals surface area contributed by atoms with E-state index in [1.165, 1.54) is 12.8 Å². The van der Waals surface area contributed by atoms with Gasteiger partial charge in [-0.3, -0.25) is 9.59 Å². The number of carbonyl (C=O) groups is 2. The van der Waals surface area contributed by atoms with Crippen LogP contribution in [-0.2, 0) is 9.59 Å². The summed E-state index contributed by atoms with van der Waals surface area (Å²) in [5, 5.41) is 4.09. The Morgan fingerprint density at radius 2 is 2.00 bits per heavy atom. The highest BCUT2D eigenvalue weighted by Crippen LogP contribution is 2.28. The van der Waals surface area contributed by atoms with Crippen LogP contribution in [0.4, 0.5) is 5.69 Å². The highest BCUT2D eigenvalue weighted by atomic mass is 35.5. The Balaban J connectivity index is 2.03. The standard InChI is InChI=1S/C20H28ClN3O2/c1-3-4-5-6-7-18-20(19(26)13-25)17(12-22-18)14(2)23-24-16-10-8-15(21)9-11-16/h8-11,13,18,20,22-24H,3-7,12H2,1-2H3. The average molecular weight is 378 g/mol. The lowest BCUT2D eigenvalue weighted by Crippen LogP contribution is -2.33. The highest BCUT2D eigenvalue weighted by molar-refractivity contribution is 6.30. The Morgan fingerprint density at radius 3 is 2.65 bits per heavy atom. The lowest BCUT2D eigenvalue weighted by Gasteiger charge is -2.19. The summed E-state index contributed by atoms with van der Waals surface area (Å²) in [7, 11) is 0. The number of ketones is 1. The molecule has 0 aromatic heterocycles. The second kappa shape index (κ2) is 10.3. The van der Waals surface area contributed by atoms with Gasteiger partial charge in [0.15, 0.2) is 6.29 Å². The van der Waals surface area contributed by atoms with Crippen molar-refractivity contribution in [2.75, 3.05) is 12.0 Å². The zero-order valence-electron chi connectivity index (χ0n) is 15.5. The van der Waals surface area contributed by atoms with Gasteiger partial charge in [-0.05, 0) is 43.2 Å². The topological polar surface area (TPSA) is 70.2 Å². The molecule has 0 radical (unpaired) electrons. The average Bonchev–Trinajstić information content (AvgIpc) is 3.08. The lowest BCUT2D eigenvalue weighted by atomic mass is 9.88. The first-order chi connectivity index (χ1) is 12.6. The van der Waals surface area contributed by atoms with Crippen LogP contribution in [0.3, 0.4) is 0 Å². The predicted octanol–water partition coefficient (Wildman–Crippen LogP) is 3.86. The fourth-order valence-corrected chi connectivity index (χ4v) is 3.49. The maximum atomic E-state index is 12.2. The number of hydrazine groups is 1. The number of benzene rings is 1. The van der Waals surface area contributed by atoms with Gasteiger partial charge in [-0.2, -0.15) is 0 Å². The molecule has 3 N–H and O–H groups in total. The third-order valence-corrected chi connectivity index (χ3v) is 5.10. The molecule has 1 aliphatic heterocycles. The van der Waals surface area contributed by atoms with E-state index in [1.807, 2.05) is 19.1 Å². The third kappa shape index (κ3) is 5.58.